The van der Waals surface area contributed by atoms with Gasteiger partial charge < -0.3 is 10.5 Å². The highest BCUT2D eigenvalue weighted by molar-refractivity contribution is 7.89. The largest absolute Gasteiger partial charge is 0.462 e. The number of ether oxygens (including phenoxy) is 1. The second-order valence-electron chi connectivity index (χ2n) is 4.89. The Kier molecular flexibility index (Phi) is 4.97. The zero-order valence-corrected chi connectivity index (χ0v) is 12.8. The van der Waals surface area contributed by atoms with Crippen LogP contribution in [0.2, 0.25) is 0 Å². The van der Waals surface area contributed by atoms with E-state index in [1.54, 1.807) is 6.92 Å². The van der Waals surface area contributed by atoms with E-state index in [1.165, 1.54) is 28.6 Å². The molecular formula is C14H20N2O4S. The molecule has 0 saturated carbocycles. The van der Waals surface area contributed by atoms with Crippen molar-refractivity contribution >= 4 is 16.0 Å². The third kappa shape index (κ3) is 3.25. The number of nitrogens with two attached hydrogens (primary N) is 1. The summed E-state index contributed by atoms with van der Waals surface area (Å²) in [7, 11) is -3.55. The van der Waals surface area contributed by atoms with Gasteiger partial charge in [-0.25, -0.2) is 13.2 Å². The Morgan fingerprint density at radius 1 is 1.38 bits per heavy atom. The van der Waals surface area contributed by atoms with E-state index in [0.717, 1.165) is 12.8 Å². The number of carbonyl (C=O) groups is 1. The van der Waals surface area contributed by atoms with Gasteiger partial charge >= 0.3 is 5.97 Å². The number of rotatable bonds is 5. The number of benzene rings is 1. The number of carbonyl (C=O) groups excluding carboxylic acids is 1. The monoisotopic (exact) mass is 312 g/mol. The van der Waals surface area contributed by atoms with Crippen LogP contribution in [0.15, 0.2) is 29.2 Å². The number of hydrogen-bond donors (Lipinski definition) is 1. The molecular weight excluding hydrogens is 292 g/mol. The van der Waals surface area contributed by atoms with Gasteiger partial charge in [0.1, 0.15) is 0 Å². The Labute approximate surface area is 124 Å². The molecule has 0 aliphatic carbocycles. The summed E-state index contributed by atoms with van der Waals surface area (Å²) in [6, 6.07) is 5.68. The summed E-state index contributed by atoms with van der Waals surface area (Å²) in [6.07, 6.45) is 1.61. The molecule has 0 radical (unpaired) electrons. The van der Waals surface area contributed by atoms with E-state index in [1.807, 2.05) is 0 Å². The van der Waals surface area contributed by atoms with Crippen LogP contribution in [0.3, 0.4) is 0 Å². The summed E-state index contributed by atoms with van der Waals surface area (Å²) in [5.41, 5.74) is 5.97. The first kappa shape index (κ1) is 15.9. The van der Waals surface area contributed by atoms with Gasteiger partial charge in [-0.15, -0.1) is 0 Å². The summed E-state index contributed by atoms with van der Waals surface area (Å²) in [4.78, 5) is 11.7. The summed E-state index contributed by atoms with van der Waals surface area (Å²) < 4.78 is 31.5. The molecule has 6 nitrogen and oxygen atoms in total. The molecule has 1 aromatic carbocycles. The average Bonchev–Trinajstić information content (AvgIpc) is 2.97. The molecule has 0 spiro atoms. The molecule has 0 aromatic heterocycles. The van der Waals surface area contributed by atoms with Gasteiger partial charge in [-0.2, -0.15) is 4.31 Å². The molecule has 21 heavy (non-hydrogen) atoms. The summed E-state index contributed by atoms with van der Waals surface area (Å²) in [6.45, 7) is 2.81. The van der Waals surface area contributed by atoms with Gasteiger partial charge in [0.25, 0.3) is 0 Å². The maximum atomic E-state index is 12.6. The highest BCUT2D eigenvalue weighted by atomic mass is 32.2. The van der Waals surface area contributed by atoms with Gasteiger partial charge in [0.2, 0.25) is 10.0 Å². The zero-order valence-electron chi connectivity index (χ0n) is 12.0. The Hall–Kier alpha value is -1.44. The van der Waals surface area contributed by atoms with Gasteiger partial charge in [0.05, 0.1) is 17.1 Å². The van der Waals surface area contributed by atoms with Gasteiger partial charge in [0, 0.05) is 19.1 Å². The molecule has 1 saturated heterocycles. The van der Waals surface area contributed by atoms with Crippen molar-refractivity contribution in [1.29, 1.82) is 0 Å². The first-order chi connectivity index (χ1) is 10.0. The second kappa shape index (κ2) is 6.55. The van der Waals surface area contributed by atoms with Crippen LogP contribution in [-0.2, 0) is 14.8 Å². The van der Waals surface area contributed by atoms with Crippen LogP contribution in [0, 0.1) is 0 Å². The van der Waals surface area contributed by atoms with Crippen LogP contribution < -0.4 is 5.73 Å². The Morgan fingerprint density at radius 3 is 2.62 bits per heavy atom. The van der Waals surface area contributed by atoms with Gasteiger partial charge in [-0.05, 0) is 44.0 Å². The molecule has 1 atom stereocenters. The molecule has 2 rings (SSSR count). The first-order valence-corrected chi connectivity index (χ1v) is 8.43. The molecule has 0 amide bonds. The molecule has 1 aliphatic rings. The lowest BCUT2D eigenvalue weighted by atomic mass is 10.2. The van der Waals surface area contributed by atoms with Crippen LogP contribution in [0.5, 0.6) is 0 Å². The maximum absolute atomic E-state index is 12.6. The average molecular weight is 312 g/mol. The highest BCUT2D eigenvalue weighted by Crippen LogP contribution is 2.25. The van der Waals surface area contributed by atoms with Gasteiger partial charge in [-0.3, -0.25) is 0 Å². The van der Waals surface area contributed by atoms with E-state index >= 15 is 0 Å². The van der Waals surface area contributed by atoms with E-state index in [9.17, 15) is 13.2 Å². The lowest BCUT2D eigenvalue weighted by Gasteiger charge is -2.22. The highest BCUT2D eigenvalue weighted by Gasteiger charge is 2.34. The minimum Gasteiger partial charge on any atom is -0.462 e. The van der Waals surface area contributed by atoms with Crippen LogP contribution >= 0.6 is 0 Å². The van der Waals surface area contributed by atoms with Crippen molar-refractivity contribution in [2.75, 3.05) is 19.7 Å². The van der Waals surface area contributed by atoms with E-state index in [0.29, 0.717) is 18.7 Å². The predicted molar refractivity (Wildman–Crippen MR) is 78.4 cm³/mol. The van der Waals surface area contributed by atoms with Crippen molar-refractivity contribution < 1.29 is 17.9 Å². The van der Waals surface area contributed by atoms with E-state index in [4.69, 9.17) is 10.5 Å². The predicted octanol–water partition coefficient (Wildman–Crippen LogP) is 0.975. The topological polar surface area (TPSA) is 89.7 Å². The third-order valence-electron chi connectivity index (χ3n) is 3.57. The smallest absolute Gasteiger partial charge is 0.338 e. The summed E-state index contributed by atoms with van der Waals surface area (Å²) in [5.74, 6) is -0.456. The molecule has 1 unspecified atom stereocenters. The van der Waals surface area contributed by atoms with Gasteiger partial charge in [0.15, 0.2) is 0 Å². The van der Waals surface area contributed by atoms with Crippen molar-refractivity contribution in [1.82, 2.24) is 4.31 Å². The Morgan fingerprint density at radius 2 is 2.05 bits per heavy atom. The van der Waals surface area contributed by atoms with E-state index in [-0.39, 0.29) is 17.5 Å². The van der Waals surface area contributed by atoms with Crippen molar-refractivity contribution in [3.63, 3.8) is 0 Å². The fraction of sp³-hybridized carbons (Fsp3) is 0.500. The SMILES string of the molecule is CCOC(=O)c1ccc(S(=O)(=O)N2CCCC2CN)cc1. The fourth-order valence-electron chi connectivity index (χ4n) is 2.47. The van der Waals surface area contributed by atoms with Crippen LogP contribution in [0.4, 0.5) is 0 Å². The lowest BCUT2D eigenvalue weighted by Crippen LogP contribution is -2.39. The quantitative estimate of drug-likeness (QED) is 0.818. The third-order valence-corrected chi connectivity index (χ3v) is 5.53. The zero-order chi connectivity index (χ0) is 15.5. The Balaban J connectivity index is 2.23. The van der Waals surface area contributed by atoms with Crippen LogP contribution in [-0.4, -0.2) is 44.4 Å². The number of hydrogen-bond acceptors (Lipinski definition) is 5. The fourth-order valence-corrected chi connectivity index (χ4v) is 4.18. The molecule has 2 N–H and O–H groups in total. The summed E-state index contributed by atoms with van der Waals surface area (Å²) >= 11 is 0. The lowest BCUT2D eigenvalue weighted by molar-refractivity contribution is 0.0526. The Bertz CT molecular complexity index is 598. The molecule has 1 aliphatic heterocycles. The number of sulfonamides is 1. The minimum atomic E-state index is -3.55. The van der Waals surface area contributed by atoms with Gasteiger partial charge in [-0.1, -0.05) is 0 Å². The van der Waals surface area contributed by atoms with Crippen molar-refractivity contribution in [3.05, 3.63) is 29.8 Å². The van der Waals surface area contributed by atoms with Crippen LogP contribution in [0.25, 0.3) is 0 Å². The minimum absolute atomic E-state index is 0.139. The van der Waals surface area contributed by atoms with E-state index in [2.05, 4.69) is 0 Å². The molecule has 1 heterocycles. The normalized spacial score (nSPS) is 19.6. The number of esters is 1. The van der Waals surface area contributed by atoms with Crippen molar-refractivity contribution in [2.24, 2.45) is 5.73 Å². The summed E-state index contributed by atoms with van der Waals surface area (Å²) in [5, 5.41) is 0. The van der Waals surface area contributed by atoms with Crippen molar-refractivity contribution in [3.8, 4) is 0 Å². The standard InChI is InChI=1S/C14H20N2O4S/c1-2-20-14(17)11-5-7-13(8-6-11)21(18,19)16-9-3-4-12(16)10-15/h5-8,12H,2-4,9-10,15H2,1H3. The van der Waals surface area contributed by atoms with Crippen LogP contribution in [0.1, 0.15) is 30.1 Å². The number of nitrogens with zero attached hydrogens (tertiary/aromatic N) is 1. The second-order valence-corrected chi connectivity index (χ2v) is 6.78. The molecule has 1 aromatic rings. The first-order valence-electron chi connectivity index (χ1n) is 6.99. The van der Waals surface area contributed by atoms with E-state index < -0.39 is 16.0 Å². The molecule has 7 heteroatoms. The molecule has 116 valence electrons. The molecule has 1 fully saturated rings. The maximum Gasteiger partial charge on any atom is 0.338 e. The molecule has 0 bridgehead atoms. The van der Waals surface area contributed by atoms with Crippen molar-refractivity contribution in [2.45, 2.75) is 30.7 Å².